The standard InChI is InChI=1S/C12H26N2O/c1-3-12(15)6-8-13-10(2)9-11-5-4-7-14-11/h10-15H,3-9H2,1-2H3. The number of hydrogen-bond acceptors (Lipinski definition) is 3. The third kappa shape index (κ3) is 5.50. The summed E-state index contributed by atoms with van der Waals surface area (Å²) >= 11 is 0. The molecule has 3 N–H and O–H groups in total. The maximum absolute atomic E-state index is 9.40. The molecule has 0 aromatic heterocycles. The molecule has 0 aromatic rings. The second kappa shape index (κ2) is 7.20. The van der Waals surface area contributed by atoms with E-state index in [2.05, 4.69) is 17.6 Å². The van der Waals surface area contributed by atoms with Gasteiger partial charge in [0.15, 0.2) is 0 Å². The van der Waals surface area contributed by atoms with Gasteiger partial charge in [0.1, 0.15) is 0 Å². The molecule has 0 aliphatic carbocycles. The van der Waals surface area contributed by atoms with Gasteiger partial charge in [0.05, 0.1) is 6.10 Å². The first-order valence-corrected chi connectivity index (χ1v) is 6.37. The van der Waals surface area contributed by atoms with Crippen molar-refractivity contribution in [3.8, 4) is 0 Å². The Hall–Kier alpha value is -0.120. The SMILES string of the molecule is CCC(O)CCNC(C)CC1CCCN1. The molecular formula is C12H26N2O. The molecule has 3 nitrogen and oxygen atoms in total. The highest BCUT2D eigenvalue weighted by Gasteiger charge is 2.16. The number of hydrogen-bond donors (Lipinski definition) is 3. The van der Waals surface area contributed by atoms with Crippen molar-refractivity contribution in [1.82, 2.24) is 10.6 Å². The predicted octanol–water partition coefficient (Wildman–Crippen LogP) is 1.27. The molecule has 3 unspecified atom stereocenters. The van der Waals surface area contributed by atoms with Crippen molar-refractivity contribution in [3.05, 3.63) is 0 Å². The zero-order chi connectivity index (χ0) is 11.1. The van der Waals surface area contributed by atoms with E-state index in [-0.39, 0.29) is 6.10 Å². The summed E-state index contributed by atoms with van der Waals surface area (Å²) in [5, 5.41) is 16.4. The first-order chi connectivity index (χ1) is 7.22. The minimum Gasteiger partial charge on any atom is -0.393 e. The number of nitrogens with one attached hydrogen (secondary N) is 2. The average Bonchev–Trinajstić information content (AvgIpc) is 2.70. The van der Waals surface area contributed by atoms with E-state index in [0.717, 1.165) is 19.4 Å². The summed E-state index contributed by atoms with van der Waals surface area (Å²) in [7, 11) is 0. The Labute approximate surface area is 93.6 Å². The Balaban J connectivity index is 2.00. The molecule has 0 radical (unpaired) electrons. The van der Waals surface area contributed by atoms with Crippen LogP contribution in [0, 0.1) is 0 Å². The Kier molecular flexibility index (Phi) is 6.22. The largest absolute Gasteiger partial charge is 0.393 e. The number of aliphatic hydroxyl groups is 1. The fourth-order valence-corrected chi connectivity index (χ4v) is 2.17. The molecule has 0 bridgehead atoms. The molecule has 15 heavy (non-hydrogen) atoms. The number of rotatable bonds is 7. The molecule has 0 saturated carbocycles. The highest BCUT2D eigenvalue weighted by atomic mass is 16.3. The van der Waals surface area contributed by atoms with Crippen LogP contribution in [0.3, 0.4) is 0 Å². The molecule has 0 spiro atoms. The molecule has 1 aliphatic rings. The molecule has 0 amide bonds. The monoisotopic (exact) mass is 214 g/mol. The number of aliphatic hydroxyl groups excluding tert-OH is 1. The lowest BCUT2D eigenvalue weighted by atomic mass is 10.1. The maximum Gasteiger partial charge on any atom is 0.0549 e. The second-order valence-corrected chi connectivity index (χ2v) is 4.73. The second-order valence-electron chi connectivity index (χ2n) is 4.73. The Morgan fingerprint density at radius 1 is 1.53 bits per heavy atom. The van der Waals surface area contributed by atoms with Gasteiger partial charge in [-0.2, -0.15) is 0 Å². The van der Waals surface area contributed by atoms with E-state index in [1.54, 1.807) is 0 Å². The highest BCUT2D eigenvalue weighted by molar-refractivity contribution is 4.78. The van der Waals surface area contributed by atoms with Crippen molar-refractivity contribution in [2.45, 2.75) is 64.1 Å². The summed E-state index contributed by atoms with van der Waals surface area (Å²) in [6.45, 7) is 6.38. The normalized spacial score (nSPS) is 25.4. The third-order valence-electron chi connectivity index (χ3n) is 3.24. The van der Waals surface area contributed by atoms with E-state index in [1.807, 2.05) is 6.92 Å². The molecule has 1 saturated heterocycles. The molecule has 1 rings (SSSR count). The van der Waals surface area contributed by atoms with Crippen LogP contribution in [-0.2, 0) is 0 Å². The lowest BCUT2D eigenvalue weighted by molar-refractivity contribution is 0.158. The zero-order valence-corrected chi connectivity index (χ0v) is 10.1. The van der Waals surface area contributed by atoms with Gasteiger partial charge in [-0.15, -0.1) is 0 Å². The molecule has 90 valence electrons. The molecule has 0 aromatic carbocycles. The van der Waals surface area contributed by atoms with Crippen LogP contribution >= 0.6 is 0 Å². The van der Waals surface area contributed by atoms with Crippen LogP contribution in [0.25, 0.3) is 0 Å². The summed E-state index contributed by atoms with van der Waals surface area (Å²) in [5.74, 6) is 0. The minimum atomic E-state index is -0.130. The van der Waals surface area contributed by atoms with Crippen molar-refractivity contribution in [1.29, 1.82) is 0 Å². The fraction of sp³-hybridized carbons (Fsp3) is 1.00. The molecular weight excluding hydrogens is 188 g/mol. The van der Waals surface area contributed by atoms with Crippen LogP contribution in [0.5, 0.6) is 0 Å². The summed E-state index contributed by atoms with van der Waals surface area (Å²) in [6.07, 6.45) is 5.46. The van der Waals surface area contributed by atoms with E-state index < -0.39 is 0 Å². The summed E-state index contributed by atoms with van der Waals surface area (Å²) in [5.41, 5.74) is 0. The average molecular weight is 214 g/mol. The van der Waals surface area contributed by atoms with Crippen LogP contribution in [0.15, 0.2) is 0 Å². The lowest BCUT2D eigenvalue weighted by Crippen LogP contribution is -2.35. The van der Waals surface area contributed by atoms with Crippen molar-refractivity contribution < 1.29 is 5.11 Å². The first kappa shape index (κ1) is 12.9. The smallest absolute Gasteiger partial charge is 0.0549 e. The van der Waals surface area contributed by atoms with E-state index in [1.165, 1.54) is 25.8 Å². The maximum atomic E-state index is 9.40. The fourth-order valence-electron chi connectivity index (χ4n) is 2.17. The Morgan fingerprint density at radius 3 is 2.93 bits per heavy atom. The van der Waals surface area contributed by atoms with E-state index in [4.69, 9.17) is 0 Å². The van der Waals surface area contributed by atoms with Gasteiger partial charge in [-0.3, -0.25) is 0 Å². The molecule has 3 atom stereocenters. The third-order valence-corrected chi connectivity index (χ3v) is 3.24. The summed E-state index contributed by atoms with van der Waals surface area (Å²) in [4.78, 5) is 0. The van der Waals surface area contributed by atoms with E-state index >= 15 is 0 Å². The van der Waals surface area contributed by atoms with Gasteiger partial charge >= 0.3 is 0 Å². The van der Waals surface area contributed by atoms with Gasteiger partial charge in [0.25, 0.3) is 0 Å². The minimum absolute atomic E-state index is 0.130. The van der Waals surface area contributed by atoms with Crippen molar-refractivity contribution in [3.63, 3.8) is 0 Å². The first-order valence-electron chi connectivity index (χ1n) is 6.37. The predicted molar refractivity (Wildman–Crippen MR) is 64.0 cm³/mol. The van der Waals surface area contributed by atoms with Crippen LogP contribution < -0.4 is 10.6 Å². The summed E-state index contributed by atoms with van der Waals surface area (Å²) < 4.78 is 0. The van der Waals surface area contributed by atoms with Crippen LogP contribution in [0.4, 0.5) is 0 Å². The Morgan fingerprint density at radius 2 is 2.33 bits per heavy atom. The van der Waals surface area contributed by atoms with Gasteiger partial charge < -0.3 is 15.7 Å². The quantitative estimate of drug-likeness (QED) is 0.598. The molecule has 1 aliphatic heterocycles. The zero-order valence-electron chi connectivity index (χ0n) is 10.1. The Bertz CT molecular complexity index is 158. The highest BCUT2D eigenvalue weighted by Crippen LogP contribution is 2.10. The van der Waals surface area contributed by atoms with Crippen molar-refractivity contribution >= 4 is 0 Å². The van der Waals surface area contributed by atoms with Gasteiger partial charge in [-0.1, -0.05) is 6.92 Å². The lowest BCUT2D eigenvalue weighted by Gasteiger charge is -2.19. The van der Waals surface area contributed by atoms with Crippen LogP contribution in [0.1, 0.15) is 46.0 Å². The van der Waals surface area contributed by atoms with E-state index in [0.29, 0.717) is 12.1 Å². The van der Waals surface area contributed by atoms with Gasteiger partial charge in [-0.25, -0.2) is 0 Å². The van der Waals surface area contributed by atoms with Crippen LogP contribution in [0.2, 0.25) is 0 Å². The summed E-state index contributed by atoms with van der Waals surface area (Å²) in [6, 6.07) is 1.27. The molecule has 1 fully saturated rings. The van der Waals surface area contributed by atoms with Gasteiger partial charge in [0.2, 0.25) is 0 Å². The van der Waals surface area contributed by atoms with Gasteiger partial charge in [-0.05, 0) is 52.1 Å². The topological polar surface area (TPSA) is 44.3 Å². The van der Waals surface area contributed by atoms with Crippen molar-refractivity contribution in [2.75, 3.05) is 13.1 Å². The van der Waals surface area contributed by atoms with E-state index in [9.17, 15) is 5.11 Å². The van der Waals surface area contributed by atoms with Gasteiger partial charge in [0, 0.05) is 12.1 Å². The van der Waals surface area contributed by atoms with Crippen LogP contribution in [-0.4, -0.2) is 36.4 Å². The molecule has 3 heteroatoms. The molecule has 1 heterocycles. The van der Waals surface area contributed by atoms with Crippen molar-refractivity contribution in [2.24, 2.45) is 0 Å².